The Kier molecular flexibility index (Phi) is 8.39. The molecule has 0 aromatic heterocycles. The molecule has 2 atom stereocenters. The molecule has 2 amide bonds. The molecule has 9 heteroatoms. The van der Waals surface area contributed by atoms with Gasteiger partial charge in [0.15, 0.2) is 6.04 Å². The van der Waals surface area contributed by atoms with Gasteiger partial charge < -0.3 is 30.3 Å². The summed E-state index contributed by atoms with van der Waals surface area (Å²) < 4.78 is 10.7. The lowest BCUT2D eigenvalue weighted by Gasteiger charge is -2.17. The fourth-order valence-corrected chi connectivity index (χ4v) is 3.78. The Hall–Kier alpha value is -3.43. The van der Waals surface area contributed by atoms with Gasteiger partial charge >= 0.3 is 12.1 Å². The van der Waals surface area contributed by atoms with Gasteiger partial charge in [0.2, 0.25) is 5.91 Å². The van der Waals surface area contributed by atoms with Crippen molar-refractivity contribution in [2.24, 2.45) is 0 Å². The second-order valence-corrected chi connectivity index (χ2v) is 7.74. The third-order valence-electron chi connectivity index (χ3n) is 5.40. The van der Waals surface area contributed by atoms with Gasteiger partial charge in [-0.3, -0.25) is 4.79 Å². The number of alkyl carbamates (subject to hydrolysis) is 1. The second-order valence-electron chi connectivity index (χ2n) is 7.74. The van der Waals surface area contributed by atoms with E-state index < -0.39 is 30.1 Å². The fraction of sp³-hybridized carbons (Fsp3) is 0.375. The molecule has 33 heavy (non-hydrogen) atoms. The van der Waals surface area contributed by atoms with Crippen molar-refractivity contribution >= 4 is 18.0 Å². The van der Waals surface area contributed by atoms with Gasteiger partial charge in [-0.05, 0) is 29.2 Å². The van der Waals surface area contributed by atoms with Crippen LogP contribution in [0.1, 0.15) is 30.4 Å². The average Bonchev–Trinajstić information content (AvgIpc) is 3.11. The zero-order chi connectivity index (χ0) is 23.8. The lowest BCUT2D eigenvalue weighted by molar-refractivity contribution is -0.144. The number of carboxylic acids is 1. The standard InChI is InChI=1S/C24H28N2O7/c1-15(27)22(23(29)30)26-21(28)10-12-32-13-11-25-24(31)33-14-20-18-8-4-2-6-16(18)17-7-3-5-9-19(17)20/h2-9,15,20,22,27H,10-14H2,1H3,(H,25,31)(H,26,28)(H,29,30)/t15-,22+/m1/s1. The van der Waals surface area contributed by atoms with Crippen molar-refractivity contribution in [3.63, 3.8) is 0 Å². The van der Waals surface area contributed by atoms with Gasteiger partial charge in [0.05, 0.1) is 19.3 Å². The Bertz CT molecular complexity index is 947. The zero-order valence-electron chi connectivity index (χ0n) is 18.3. The van der Waals surface area contributed by atoms with Gasteiger partial charge in [0, 0.05) is 18.9 Å². The first kappa shape index (κ1) is 24.2. The van der Waals surface area contributed by atoms with Crippen LogP contribution in [0.4, 0.5) is 4.79 Å². The number of amides is 2. The minimum Gasteiger partial charge on any atom is -0.480 e. The van der Waals surface area contributed by atoms with Crippen molar-refractivity contribution in [1.29, 1.82) is 0 Å². The molecule has 0 fully saturated rings. The van der Waals surface area contributed by atoms with Gasteiger partial charge in [-0.2, -0.15) is 0 Å². The molecule has 0 saturated heterocycles. The van der Waals surface area contributed by atoms with Crippen molar-refractivity contribution in [1.82, 2.24) is 10.6 Å². The summed E-state index contributed by atoms with van der Waals surface area (Å²) in [7, 11) is 0. The molecular weight excluding hydrogens is 428 g/mol. The molecule has 4 N–H and O–H groups in total. The number of hydrogen-bond acceptors (Lipinski definition) is 6. The summed E-state index contributed by atoms with van der Waals surface area (Å²) >= 11 is 0. The van der Waals surface area contributed by atoms with Crippen LogP contribution >= 0.6 is 0 Å². The van der Waals surface area contributed by atoms with Crippen LogP contribution in [0.15, 0.2) is 48.5 Å². The normalized spacial score (nSPS) is 14.0. The monoisotopic (exact) mass is 456 g/mol. The maximum absolute atomic E-state index is 12.1. The van der Waals surface area contributed by atoms with Crippen LogP contribution in [0, 0.1) is 0 Å². The number of benzene rings is 2. The Morgan fingerprint density at radius 3 is 2.18 bits per heavy atom. The van der Waals surface area contributed by atoms with Crippen molar-refractivity contribution in [2.45, 2.75) is 31.4 Å². The van der Waals surface area contributed by atoms with Crippen molar-refractivity contribution < 1.29 is 34.1 Å². The summed E-state index contributed by atoms with van der Waals surface area (Å²) in [6.45, 7) is 1.91. The van der Waals surface area contributed by atoms with E-state index in [1.54, 1.807) is 0 Å². The average molecular weight is 456 g/mol. The number of nitrogens with one attached hydrogen (secondary N) is 2. The van der Waals surface area contributed by atoms with E-state index in [1.165, 1.54) is 6.92 Å². The Morgan fingerprint density at radius 2 is 1.61 bits per heavy atom. The zero-order valence-corrected chi connectivity index (χ0v) is 18.3. The summed E-state index contributed by atoms with van der Waals surface area (Å²) in [6.07, 6.45) is -1.84. The molecule has 176 valence electrons. The molecule has 2 aromatic rings. The summed E-state index contributed by atoms with van der Waals surface area (Å²) in [4.78, 5) is 34.8. The van der Waals surface area contributed by atoms with Gasteiger partial charge in [-0.15, -0.1) is 0 Å². The van der Waals surface area contributed by atoms with Gasteiger partial charge in [-0.1, -0.05) is 48.5 Å². The highest BCUT2D eigenvalue weighted by molar-refractivity contribution is 5.84. The van der Waals surface area contributed by atoms with Crippen molar-refractivity contribution in [2.75, 3.05) is 26.4 Å². The summed E-state index contributed by atoms with van der Waals surface area (Å²) in [6, 6.07) is 14.8. The van der Waals surface area contributed by atoms with Crippen LogP contribution in [-0.2, 0) is 19.1 Å². The number of aliphatic hydroxyl groups excluding tert-OH is 1. The minimum absolute atomic E-state index is 0.0193. The predicted octanol–water partition coefficient (Wildman–Crippen LogP) is 1.88. The van der Waals surface area contributed by atoms with Crippen LogP contribution in [0.2, 0.25) is 0 Å². The maximum Gasteiger partial charge on any atom is 0.407 e. The Morgan fingerprint density at radius 1 is 1.00 bits per heavy atom. The first-order valence-corrected chi connectivity index (χ1v) is 10.7. The van der Waals surface area contributed by atoms with E-state index in [0.717, 1.165) is 22.3 Å². The van der Waals surface area contributed by atoms with Crippen LogP contribution in [0.5, 0.6) is 0 Å². The molecule has 0 saturated carbocycles. The maximum atomic E-state index is 12.1. The molecule has 0 aliphatic heterocycles. The third kappa shape index (κ3) is 6.30. The molecular formula is C24H28N2O7. The summed E-state index contributed by atoms with van der Waals surface area (Å²) in [5, 5.41) is 23.1. The summed E-state index contributed by atoms with van der Waals surface area (Å²) in [5.41, 5.74) is 4.58. The topological polar surface area (TPSA) is 134 Å². The van der Waals surface area contributed by atoms with Gasteiger partial charge in [-0.25, -0.2) is 9.59 Å². The van der Waals surface area contributed by atoms with E-state index in [4.69, 9.17) is 14.6 Å². The minimum atomic E-state index is -1.37. The van der Waals surface area contributed by atoms with E-state index in [2.05, 4.69) is 22.8 Å². The molecule has 2 aromatic carbocycles. The number of carbonyl (C=O) groups excluding carboxylic acids is 2. The predicted molar refractivity (Wildman–Crippen MR) is 120 cm³/mol. The molecule has 9 nitrogen and oxygen atoms in total. The number of fused-ring (bicyclic) bond motifs is 3. The Labute approximate surface area is 191 Å². The van der Waals surface area contributed by atoms with E-state index in [9.17, 15) is 19.5 Å². The van der Waals surface area contributed by atoms with Crippen molar-refractivity contribution in [3.8, 4) is 11.1 Å². The van der Waals surface area contributed by atoms with E-state index in [1.807, 2.05) is 36.4 Å². The smallest absolute Gasteiger partial charge is 0.407 e. The highest BCUT2D eigenvalue weighted by Crippen LogP contribution is 2.44. The highest BCUT2D eigenvalue weighted by atomic mass is 16.5. The molecule has 0 heterocycles. The number of ether oxygens (including phenoxy) is 2. The number of carbonyl (C=O) groups is 3. The molecule has 0 radical (unpaired) electrons. The van der Waals surface area contributed by atoms with Gasteiger partial charge in [0.1, 0.15) is 6.61 Å². The fourth-order valence-electron chi connectivity index (χ4n) is 3.78. The molecule has 0 spiro atoms. The number of aliphatic hydroxyl groups is 1. The lowest BCUT2D eigenvalue weighted by atomic mass is 9.98. The van der Waals surface area contributed by atoms with Gasteiger partial charge in [0.25, 0.3) is 0 Å². The lowest BCUT2D eigenvalue weighted by Crippen LogP contribution is -2.47. The molecule has 0 unspecified atom stereocenters. The first-order chi connectivity index (χ1) is 15.9. The third-order valence-corrected chi connectivity index (χ3v) is 5.40. The number of carboxylic acid groups (broad SMARTS) is 1. The first-order valence-electron chi connectivity index (χ1n) is 10.7. The van der Waals surface area contributed by atoms with Crippen LogP contribution in [-0.4, -0.2) is 66.7 Å². The van der Waals surface area contributed by atoms with Crippen LogP contribution < -0.4 is 10.6 Å². The molecule has 0 bridgehead atoms. The molecule has 3 rings (SSSR count). The molecule has 1 aliphatic rings. The largest absolute Gasteiger partial charge is 0.480 e. The van der Waals surface area contributed by atoms with E-state index in [0.29, 0.717) is 0 Å². The number of hydrogen-bond donors (Lipinski definition) is 4. The SMILES string of the molecule is C[C@@H](O)[C@H](NC(=O)CCOCCNC(=O)OCC1c2ccccc2-c2ccccc21)C(=O)O. The Balaban J connectivity index is 1.34. The number of rotatable bonds is 11. The second kappa shape index (κ2) is 11.4. The molecule has 1 aliphatic carbocycles. The van der Waals surface area contributed by atoms with E-state index >= 15 is 0 Å². The van der Waals surface area contributed by atoms with Crippen molar-refractivity contribution in [3.05, 3.63) is 59.7 Å². The number of aliphatic carboxylic acids is 1. The van der Waals surface area contributed by atoms with Crippen LogP contribution in [0.3, 0.4) is 0 Å². The van der Waals surface area contributed by atoms with Crippen LogP contribution in [0.25, 0.3) is 11.1 Å². The quantitative estimate of drug-likeness (QED) is 0.379. The highest BCUT2D eigenvalue weighted by Gasteiger charge is 2.29. The van der Waals surface area contributed by atoms with E-state index in [-0.39, 0.29) is 38.7 Å². The summed E-state index contributed by atoms with van der Waals surface area (Å²) in [5.74, 6) is -1.88.